The Morgan fingerprint density at radius 1 is 1.15 bits per heavy atom. The number of halogens is 1. The predicted octanol–water partition coefficient (Wildman–Crippen LogP) is 5.11. The first-order valence-electron chi connectivity index (χ1n) is 11.5. The molecule has 1 atom stereocenters. The van der Waals surface area contributed by atoms with Gasteiger partial charge in [-0.25, -0.2) is 9.07 Å². The molecule has 3 aromatic rings. The van der Waals surface area contributed by atoms with Crippen molar-refractivity contribution in [2.75, 3.05) is 26.8 Å². The smallest absolute Gasteiger partial charge is 0.227 e. The van der Waals surface area contributed by atoms with Crippen molar-refractivity contribution in [2.24, 2.45) is 0 Å². The van der Waals surface area contributed by atoms with Gasteiger partial charge in [0, 0.05) is 32.8 Å². The zero-order chi connectivity index (χ0) is 23.6. The van der Waals surface area contributed by atoms with Gasteiger partial charge in [0.25, 0.3) is 0 Å². The van der Waals surface area contributed by atoms with Crippen molar-refractivity contribution in [3.05, 3.63) is 71.7 Å². The Bertz CT molecular complexity index is 994. The highest BCUT2D eigenvalue weighted by Gasteiger charge is 2.22. The third-order valence-corrected chi connectivity index (χ3v) is 5.50. The second-order valence-corrected chi connectivity index (χ2v) is 8.20. The van der Waals surface area contributed by atoms with Crippen molar-refractivity contribution in [3.8, 4) is 17.3 Å². The molecule has 0 amide bonds. The molecule has 0 aliphatic rings. The summed E-state index contributed by atoms with van der Waals surface area (Å²) in [6.45, 7) is 6.32. The van der Waals surface area contributed by atoms with Crippen LogP contribution in [-0.2, 0) is 11.3 Å². The van der Waals surface area contributed by atoms with Gasteiger partial charge in [0.1, 0.15) is 11.6 Å². The number of aliphatic hydroxyl groups excluding tert-OH is 1. The summed E-state index contributed by atoms with van der Waals surface area (Å²) < 4.78 is 27.1. The number of aryl methyl sites for hydroxylation is 1. The predicted molar refractivity (Wildman–Crippen MR) is 127 cm³/mol. The molecule has 0 fully saturated rings. The maximum absolute atomic E-state index is 13.8. The van der Waals surface area contributed by atoms with Crippen LogP contribution in [0.25, 0.3) is 5.69 Å². The third kappa shape index (κ3) is 7.12. The molecule has 0 bridgehead atoms. The van der Waals surface area contributed by atoms with E-state index in [1.54, 1.807) is 23.9 Å². The van der Waals surface area contributed by atoms with Gasteiger partial charge < -0.3 is 14.6 Å². The number of methoxy groups -OCH3 is 1. The van der Waals surface area contributed by atoms with E-state index in [1.807, 2.05) is 37.3 Å². The van der Waals surface area contributed by atoms with E-state index in [4.69, 9.17) is 14.6 Å². The molecule has 0 spiro atoms. The van der Waals surface area contributed by atoms with Crippen molar-refractivity contribution in [1.29, 1.82) is 0 Å². The van der Waals surface area contributed by atoms with E-state index >= 15 is 0 Å². The van der Waals surface area contributed by atoms with Crippen LogP contribution >= 0.6 is 0 Å². The number of rotatable bonds is 13. The number of aliphatic hydroxyl groups is 1. The van der Waals surface area contributed by atoms with Crippen LogP contribution in [0.15, 0.2) is 54.6 Å². The van der Waals surface area contributed by atoms with Gasteiger partial charge >= 0.3 is 0 Å². The highest BCUT2D eigenvalue weighted by atomic mass is 19.1. The summed E-state index contributed by atoms with van der Waals surface area (Å²) in [5, 5.41) is 15.3. The Morgan fingerprint density at radius 2 is 1.94 bits per heavy atom. The molecule has 178 valence electrons. The van der Waals surface area contributed by atoms with Crippen LogP contribution in [0.4, 0.5) is 4.39 Å². The molecule has 0 saturated carbocycles. The zero-order valence-electron chi connectivity index (χ0n) is 19.7. The van der Waals surface area contributed by atoms with Crippen molar-refractivity contribution in [2.45, 2.75) is 45.8 Å². The second kappa shape index (κ2) is 12.5. The molecule has 1 heterocycles. The summed E-state index contributed by atoms with van der Waals surface area (Å²) in [4.78, 5) is 2.15. The first kappa shape index (κ1) is 24.9. The Labute approximate surface area is 195 Å². The van der Waals surface area contributed by atoms with Gasteiger partial charge in [-0.05, 0) is 37.6 Å². The lowest BCUT2D eigenvalue weighted by atomic mass is 10.1. The molecule has 3 rings (SSSR count). The number of ether oxygens (including phenoxy) is 2. The average molecular weight is 456 g/mol. The summed E-state index contributed by atoms with van der Waals surface area (Å²) in [6.07, 6.45) is 2.37. The minimum absolute atomic E-state index is 0.364. The van der Waals surface area contributed by atoms with E-state index in [0.29, 0.717) is 37.9 Å². The molecule has 7 heteroatoms. The third-order valence-electron chi connectivity index (χ3n) is 5.50. The number of nitrogens with zero attached hydrogens (tertiary/aromatic N) is 3. The Balaban J connectivity index is 1.95. The fourth-order valence-electron chi connectivity index (χ4n) is 3.72. The van der Waals surface area contributed by atoms with E-state index in [0.717, 1.165) is 36.2 Å². The van der Waals surface area contributed by atoms with E-state index in [9.17, 15) is 9.50 Å². The number of unbranched alkanes of at least 4 members (excludes halogenated alkanes) is 1. The molecule has 0 radical (unpaired) electrons. The lowest BCUT2D eigenvalue weighted by Crippen LogP contribution is -2.34. The van der Waals surface area contributed by atoms with Crippen molar-refractivity contribution >= 4 is 0 Å². The van der Waals surface area contributed by atoms with Crippen molar-refractivity contribution in [3.63, 3.8) is 0 Å². The van der Waals surface area contributed by atoms with Crippen LogP contribution in [0.3, 0.4) is 0 Å². The van der Waals surface area contributed by atoms with E-state index in [-0.39, 0.29) is 5.82 Å². The molecular weight excluding hydrogens is 421 g/mol. The van der Waals surface area contributed by atoms with Gasteiger partial charge in [0.2, 0.25) is 5.88 Å². The summed E-state index contributed by atoms with van der Waals surface area (Å²) in [7, 11) is 1.67. The summed E-state index contributed by atoms with van der Waals surface area (Å²) in [5.74, 6) is 0.576. The maximum atomic E-state index is 13.8. The van der Waals surface area contributed by atoms with Crippen LogP contribution in [0.1, 0.15) is 37.4 Å². The zero-order valence-corrected chi connectivity index (χ0v) is 19.7. The van der Waals surface area contributed by atoms with Gasteiger partial charge in [-0.2, -0.15) is 5.10 Å². The van der Waals surface area contributed by atoms with Crippen LogP contribution < -0.4 is 4.74 Å². The van der Waals surface area contributed by atoms with Crippen LogP contribution in [-0.4, -0.2) is 52.7 Å². The lowest BCUT2D eigenvalue weighted by molar-refractivity contribution is 0.0786. The number of para-hydroxylation sites is 1. The lowest BCUT2D eigenvalue weighted by Gasteiger charge is -2.25. The van der Waals surface area contributed by atoms with E-state index in [2.05, 4.69) is 11.8 Å². The number of aromatic nitrogens is 2. The normalized spacial score (nSPS) is 12.3. The van der Waals surface area contributed by atoms with Gasteiger partial charge in [0.15, 0.2) is 0 Å². The molecule has 1 aromatic heterocycles. The summed E-state index contributed by atoms with van der Waals surface area (Å²) in [6, 6.07) is 15.8. The number of hydrogen-bond donors (Lipinski definition) is 1. The molecule has 0 aliphatic carbocycles. The molecule has 1 unspecified atom stereocenters. The van der Waals surface area contributed by atoms with Crippen LogP contribution in [0.2, 0.25) is 0 Å². The van der Waals surface area contributed by atoms with E-state index in [1.165, 1.54) is 12.1 Å². The minimum Gasteiger partial charge on any atom is -0.438 e. The molecule has 0 aliphatic heterocycles. The highest BCUT2D eigenvalue weighted by Crippen LogP contribution is 2.32. The summed E-state index contributed by atoms with van der Waals surface area (Å²) in [5.41, 5.74) is 2.56. The second-order valence-electron chi connectivity index (χ2n) is 8.20. The average Bonchev–Trinajstić information content (AvgIpc) is 3.11. The Morgan fingerprint density at radius 3 is 2.64 bits per heavy atom. The molecule has 33 heavy (non-hydrogen) atoms. The molecule has 6 nitrogen and oxygen atoms in total. The largest absolute Gasteiger partial charge is 0.438 e. The van der Waals surface area contributed by atoms with Crippen LogP contribution in [0, 0.1) is 12.7 Å². The first-order valence-corrected chi connectivity index (χ1v) is 11.5. The van der Waals surface area contributed by atoms with Crippen LogP contribution in [0.5, 0.6) is 11.6 Å². The monoisotopic (exact) mass is 455 g/mol. The van der Waals surface area contributed by atoms with Gasteiger partial charge in [-0.1, -0.05) is 44.0 Å². The molecule has 1 N–H and O–H groups in total. The SMILES string of the molecule is CCCCC(O)CN(CCOC)Cc1c(C)nn(-c2ccccc2)c1Oc1cccc(F)c1. The van der Waals surface area contributed by atoms with Crippen molar-refractivity contribution in [1.82, 2.24) is 14.7 Å². The maximum Gasteiger partial charge on any atom is 0.227 e. The van der Waals surface area contributed by atoms with E-state index < -0.39 is 6.10 Å². The summed E-state index contributed by atoms with van der Waals surface area (Å²) >= 11 is 0. The first-order chi connectivity index (χ1) is 16.0. The quantitative estimate of drug-likeness (QED) is 0.388. The Kier molecular flexibility index (Phi) is 9.42. The minimum atomic E-state index is -0.418. The van der Waals surface area contributed by atoms with Gasteiger partial charge in [-0.15, -0.1) is 0 Å². The fourth-order valence-corrected chi connectivity index (χ4v) is 3.72. The topological polar surface area (TPSA) is 59.8 Å². The fraction of sp³-hybridized carbons (Fsp3) is 0.423. The highest BCUT2D eigenvalue weighted by molar-refractivity contribution is 5.43. The standard InChI is InChI=1S/C26H34FN3O3/c1-4-5-13-23(31)18-29(15-16-32-3)19-25-20(2)28-30(22-11-7-6-8-12-22)26(25)33-24-14-9-10-21(27)17-24/h6-12,14,17,23,31H,4-5,13,15-16,18-19H2,1-3H3. The number of hydrogen-bond acceptors (Lipinski definition) is 5. The Hall–Kier alpha value is -2.74. The number of benzene rings is 2. The van der Waals surface area contributed by atoms with Gasteiger partial charge in [-0.3, -0.25) is 4.90 Å². The van der Waals surface area contributed by atoms with Gasteiger partial charge in [0.05, 0.1) is 29.7 Å². The van der Waals surface area contributed by atoms with Crippen molar-refractivity contribution < 1.29 is 19.0 Å². The molecular formula is C26H34FN3O3. The molecule has 2 aromatic carbocycles. The molecule has 0 saturated heterocycles.